The average molecular weight is 267 g/mol. The van der Waals surface area contributed by atoms with E-state index in [2.05, 4.69) is 9.97 Å². The highest BCUT2D eigenvalue weighted by atomic mass is 35.5. The molecule has 0 aliphatic rings. The van der Waals surface area contributed by atoms with Crippen LogP contribution in [0.3, 0.4) is 0 Å². The van der Waals surface area contributed by atoms with Gasteiger partial charge in [-0.15, -0.1) is 0 Å². The molecule has 0 radical (unpaired) electrons. The van der Waals surface area contributed by atoms with E-state index in [0.717, 1.165) is 16.8 Å². The number of halogens is 1. The largest absolute Gasteiger partial charge is 0.495 e. The van der Waals surface area contributed by atoms with Crippen LogP contribution in [0, 0.1) is 11.7 Å². The zero-order chi connectivity index (χ0) is 12.4. The number of nitrogens with zero attached hydrogens (tertiary/aromatic N) is 1. The van der Waals surface area contributed by atoms with Crippen LogP contribution in [-0.2, 0) is 0 Å². The topological polar surface area (TPSA) is 37.9 Å². The molecule has 0 fully saturated rings. The Morgan fingerprint density at radius 3 is 2.82 bits per heavy atom. The molecular weight excluding hydrogens is 256 g/mol. The van der Waals surface area contributed by atoms with Crippen molar-refractivity contribution < 1.29 is 4.74 Å². The lowest BCUT2D eigenvalue weighted by atomic mass is 10.1. The number of rotatable bonds is 2. The van der Waals surface area contributed by atoms with Gasteiger partial charge in [-0.3, -0.25) is 0 Å². The Kier molecular flexibility index (Phi) is 3.45. The first kappa shape index (κ1) is 12.1. The molecule has 3 nitrogen and oxygen atoms in total. The molecule has 0 spiro atoms. The minimum atomic E-state index is 0.453. The molecule has 2 rings (SSSR count). The fourth-order valence-electron chi connectivity index (χ4n) is 1.63. The van der Waals surface area contributed by atoms with E-state index in [-0.39, 0.29) is 0 Å². The molecule has 0 bridgehead atoms. The second kappa shape index (κ2) is 4.85. The maximum Gasteiger partial charge on any atom is 0.197 e. The number of hydrogen-bond donors (Lipinski definition) is 1. The molecule has 0 saturated heterocycles. The monoisotopic (exact) mass is 266 g/mol. The van der Waals surface area contributed by atoms with Crippen LogP contribution in [0.1, 0.15) is 5.56 Å². The number of aromatic nitrogens is 2. The summed E-state index contributed by atoms with van der Waals surface area (Å²) in [7, 11) is 1.60. The quantitative estimate of drug-likeness (QED) is 0.841. The third-order valence-corrected chi connectivity index (χ3v) is 2.97. The molecule has 1 aromatic heterocycles. The molecule has 0 aliphatic carbocycles. The zero-order valence-corrected chi connectivity index (χ0v) is 11.0. The Balaban J connectivity index is 2.60. The number of benzene rings is 1. The number of aryl methyl sites for hydroxylation is 1. The van der Waals surface area contributed by atoms with Gasteiger partial charge in [0, 0.05) is 17.5 Å². The molecule has 0 unspecified atom stereocenters. The molecule has 1 heterocycles. The van der Waals surface area contributed by atoms with E-state index >= 15 is 0 Å². The van der Waals surface area contributed by atoms with Crippen molar-refractivity contribution in [2.24, 2.45) is 0 Å². The summed E-state index contributed by atoms with van der Waals surface area (Å²) in [5.74, 6) is 0.667. The predicted molar refractivity (Wildman–Crippen MR) is 71.2 cm³/mol. The number of aromatic amines is 1. The standard InChI is InChI=1S/C12H11ClN2OS/c1-7-5-11(16-2)9(13)6-8(7)10-3-4-14-12(17)15-10/h3-6H,1-2H3,(H,14,15,17). The van der Waals surface area contributed by atoms with Gasteiger partial charge in [-0.25, -0.2) is 4.98 Å². The smallest absolute Gasteiger partial charge is 0.197 e. The van der Waals surface area contributed by atoms with Gasteiger partial charge in [0.15, 0.2) is 4.77 Å². The molecule has 0 saturated carbocycles. The molecule has 1 aromatic carbocycles. The minimum absolute atomic E-state index is 0.453. The van der Waals surface area contributed by atoms with Gasteiger partial charge < -0.3 is 9.72 Å². The summed E-state index contributed by atoms with van der Waals surface area (Å²) >= 11 is 11.1. The third-order valence-electron chi connectivity index (χ3n) is 2.46. The van der Waals surface area contributed by atoms with Crippen LogP contribution >= 0.6 is 23.8 Å². The number of nitrogens with one attached hydrogen (secondary N) is 1. The Labute approximate surface area is 109 Å². The number of hydrogen-bond acceptors (Lipinski definition) is 3. The first-order chi connectivity index (χ1) is 8.11. The fourth-order valence-corrected chi connectivity index (χ4v) is 2.04. The number of ether oxygens (including phenoxy) is 1. The second-order valence-corrected chi connectivity index (χ2v) is 4.38. The average Bonchev–Trinajstić information content (AvgIpc) is 2.31. The van der Waals surface area contributed by atoms with Crippen LogP contribution in [0.4, 0.5) is 0 Å². The number of H-pyrrole nitrogens is 1. The molecule has 1 N–H and O–H groups in total. The van der Waals surface area contributed by atoms with Crippen molar-refractivity contribution >= 4 is 23.8 Å². The van der Waals surface area contributed by atoms with Gasteiger partial charge in [-0.2, -0.15) is 0 Å². The molecule has 17 heavy (non-hydrogen) atoms. The van der Waals surface area contributed by atoms with Crippen LogP contribution in [0.15, 0.2) is 24.4 Å². The summed E-state index contributed by atoms with van der Waals surface area (Å²) in [5, 5.41) is 0.573. The Morgan fingerprint density at radius 2 is 2.18 bits per heavy atom. The van der Waals surface area contributed by atoms with Gasteiger partial charge in [0.25, 0.3) is 0 Å². The van der Waals surface area contributed by atoms with Crippen LogP contribution in [0.2, 0.25) is 5.02 Å². The minimum Gasteiger partial charge on any atom is -0.495 e. The second-order valence-electron chi connectivity index (χ2n) is 3.59. The molecule has 0 atom stereocenters. The van der Waals surface area contributed by atoms with Gasteiger partial charge in [-0.05, 0) is 42.9 Å². The molecule has 0 aliphatic heterocycles. The zero-order valence-electron chi connectivity index (χ0n) is 9.45. The van der Waals surface area contributed by atoms with E-state index in [1.54, 1.807) is 13.3 Å². The predicted octanol–water partition coefficient (Wildman–Crippen LogP) is 3.78. The first-order valence-electron chi connectivity index (χ1n) is 5.01. The molecule has 0 amide bonds. The third kappa shape index (κ3) is 2.48. The highest BCUT2D eigenvalue weighted by molar-refractivity contribution is 7.71. The van der Waals surface area contributed by atoms with Crippen LogP contribution in [0.5, 0.6) is 5.75 Å². The normalized spacial score (nSPS) is 10.3. The lowest BCUT2D eigenvalue weighted by molar-refractivity contribution is 0.415. The Hall–Kier alpha value is -1.39. The van der Waals surface area contributed by atoms with Crippen molar-refractivity contribution in [3.63, 3.8) is 0 Å². The summed E-state index contributed by atoms with van der Waals surface area (Å²) in [6.07, 6.45) is 1.67. The summed E-state index contributed by atoms with van der Waals surface area (Å²) in [6.45, 7) is 1.99. The molecular formula is C12H11ClN2OS. The summed E-state index contributed by atoms with van der Waals surface area (Å²) in [5.41, 5.74) is 2.94. The lowest BCUT2D eigenvalue weighted by Crippen LogP contribution is -1.92. The highest BCUT2D eigenvalue weighted by Gasteiger charge is 2.08. The maximum atomic E-state index is 6.11. The Morgan fingerprint density at radius 1 is 1.41 bits per heavy atom. The summed E-state index contributed by atoms with van der Waals surface area (Å²) in [6, 6.07) is 5.62. The van der Waals surface area contributed by atoms with Gasteiger partial charge in [0.05, 0.1) is 12.1 Å². The number of methoxy groups -OCH3 is 1. The van der Waals surface area contributed by atoms with Gasteiger partial charge in [-0.1, -0.05) is 11.6 Å². The van der Waals surface area contributed by atoms with E-state index in [9.17, 15) is 0 Å². The summed E-state index contributed by atoms with van der Waals surface area (Å²) in [4.78, 5) is 6.99. The van der Waals surface area contributed by atoms with Crippen molar-refractivity contribution in [2.45, 2.75) is 6.92 Å². The van der Waals surface area contributed by atoms with Crippen molar-refractivity contribution in [2.75, 3.05) is 7.11 Å². The van der Waals surface area contributed by atoms with Crippen LogP contribution in [-0.4, -0.2) is 17.1 Å². The Bertz CT molecular complexity index is 610. The van der Waals surface area contributed by atoms with Crippen LogP contribution < -0.4 is 4.74 Å². The van der Waals surface area contributed by atoms with Crippen molar-refractivity contribution in [1.29, 1.82) is 0 Å². The fraction of sp³-hybridized carbons (Fsp3) is 0.167. The molecule has 88 valence electrons. The van der Waals surface area contributed by atoms with Crippen LogP contribution in [0.25, 0.3) is 11.3 Å². The van der Waals surface area contributed by atoms with Crippen molar-refractivity contribution in [3.05, 3.63) is 39.8 Å². The van der Waals surface area contributed by atoms with Crippen molar-refractivity contribution in [3.8, 4) is 17.0 Å². The maximum absolute atomic E-state index is 6.11. The van der Waals surface area contributed by atoms with E-state index < -0.39 is 0 Å². The first-order valence-corrected chi connectivity index (χ1v) is 5.80. The molecule has 5 heteroatoms. The van der Waals surface area contributed by atoms with E-state index in [4.69, 9.17) is 28.6 Å². The SMILES string of the molecule is COc1cc(C)c(-c2ccnc(=S)[nH]2)cc1Cl. The van der Waals surface area contributed by atoms with Gasteiger partial charge in [0.1, 0.15) is 5.75 Å². The van der Waals surface area contributed by atoms with E-state index in [1.165, 1.54) is 0 Å². The van der Waals surface area contributed by atoms with E-state index in [0.29, 0.717) is 15.5 Å². The van der Waals surface area contributed by atoms with Gasteiger partial charge >= 0.3 is 0 Å². The van der Waals surface area contributed by atoms with E-state index in [1.807, 2.05) is 25.1 Å². The van der Waals surface area contributed by atoms with Crippen molar-refractivity contribution in [1.82, 2.24) is 9.97 Å². The lowest BCUT2D eigenvalue weighted by Gasteiger charge is -2.10. The van der Waals surface area contributed by atoms with Gasteiger partial charge in [0.2, 0.25) is 0 Å². The highest BCUT2D eigenvalue weighted by Crippen LogP contribution is 2.32. The summed E-state index contributed by atoms with van der Waals surface area (Å²) < 4.78 is 5.62. The molecule has 2 aromatic rings.